The summed E-state index contributed by atoms with van der Waals surface area (Å²) in [5, 5.41) is 6.21. The van der Waals surface area contributed by atoms with Gasteiger partial charge in [-0.25, -0.2) is 13.9 Å². The first-order valence-corrected chi connectivity index (χ1v) is 18.6. The Hall–Kier alpha value is -4.50. The molecule has 1 aliphatic carbocycles. The molecule has 1 saturated heterocycles. The van der Waals surface area contributed by atoms with Crippen LogP contribution in [0.5, 0.6) is 0 Å². The van der Waals surface area contributed by atoms with Crippen LogP contribution in [-0.4, -0.2) is 91.4 Å². The standard InChI is InChI=1S/C36H47FN6O7S/c1-36(2,3)50-35(47)40-30(21-37)23-11-13-24(14-12-23)34(46)43-18-17-27(22-9-7-6-8-10-22)31(43)33(45)38-26-15-16-28-25(19-26)20-29(39-28)32(44)41-51(48,49)42(4)5/h6-10,15-16,19-20,23-24,27,30-31,39H,11-14,17-18,21H2,1-5H3,(H,38,45)(H,40,47)(H,41,44)/t23?,24?,27-,30-,31+/m1/s1. The number of nitrogens with zero attached hydrogens (tertiary/aromatic N) is 2. The molecule has 1 saturated carbocycles. The van der Waals surface area contributed by atoms with Crippen molar-refractivity contribution < 1.29 is 36.7 Å². The summed E-state index contributed by atoms with van der Waals surface area (Å²) in [6, 6.07) is 14.6. The average molecular weight is 727 g/mol. The fraction of sp³-hybridized carbons (Fsp3) is 0.500. The fourth-order valence-electron chi connectivity index (χ4n) is 6.97. The van der Waals surface area contributed by atoms with Crippen LogP contribution >= 0.6 is 0 Å². The zero-order chi connectivity index (χ0) is 37.1. The zero-order valence-electron chi connectivity index (χ0n) is 29.6. The lowest BCUT2D eigenvalue weighted by atomic mass is 9.78. The highest BCUT2D eigenvalue weighted by atomic mass is 32.2. The molecule has 5 rings (SSSR count). The number of H-pyrrole nitrogens is 1. The van der Waals surface area contributed by atoms with Crippen molar-refractivity contribution in [3.05, 3.63) is 65.9 Å². The Balaban J connectivity index is 1.29. The number of rotatable bonds is 10. The minimum atomic E-state index is -3.99. The average Bonchev–Trinajstić information content (AvgIpc) is 3.71. The topological polar surface area (TPSA) is 170 Å². The van der Waals surface area contributed by atoms with Gasteiger partial charge in [0.25, 0.3) is 5.91 Å². The third-order valence-corrected chi connectivity index (χ3v) is 11.0. The number of alkyl carbamates (subject to hydrolysis) is 1. The van der Waals surface area contributed by atoms with E-state index in [-0.39, 0.29) is 35.3 Å². The van der Waals surface area contributed by atoms with Gasteiger partial charge in [0.15, 0.2) is 0 Å². The van der Waals surface area contributed by atoms with Gasteiger partial charge in [0, 0.05) is 49.1 Å². The molecule has 3 atom stereocenters. The van der Waals surface area contributed by atoms with Crippen molar-refractivity contribution in [3.8, 4) is 0 Å². The molecule has 4 amide bonds. The van der Waals surface area contributed by atoms with Crippen molar-refractivity contribution in [2.24, 2.45) is 11.8 Å². The molecule has 15 heteroatoms. The van der Waals surface area contributed by atoms with E-state index in [9.17, 15) is 32.0 Å². The maximum Gasteiger partial charge on any atom is 0.407 e. The van der Waals surface area contributed by atoms with Gasteiger partial charge in [0.05, 0.1) is 6.04 Å². The van der Waals surface area contributed by atoms with E-state index >= 15 is 0 Å². The number of anilines is 1. The Bertz CT molecular complexity index is 1850. The maximum atomic E-state index is 14.1. The molecule has 1 aliphatic heterocycles. The van der Waals surface area contributed by atoms with Crippen molar-refractivity contribution >= 4 is 50.6 Å². The number of aromatic amines is 1. The molecule has 0 radical (unpaired) electrons. The number of ether oxygens (including phenoxy) is 1. The molecular formula is C36H47FN6O7S. The minimum Gasteiger partial charge on any atom is -0.444 e. The molecule has 0 unspecified atom stereocenters. The van der Waals surface area contributed by atoms with Crippen LogP contribution in [0.2, 0.25) is 0 Å². The van der Waals surface area contributed by atoms with Crippen LogP contribution in [0.25, 0.3) is 10.9 Å². The monoisotopic (exact) mass is 726 g/mol. The number of hydrogen-bond acceptors (Lipinski definition) is 7. The SMILES string of the molecule is CN(C)S(=O)(=O)NC(=O)c1cc2cc(NC(=O)[C@@H]3[C@@H](c4ccccc4)CCN3C(=O)C3CCC([C@@H](CF)NC(=O)OC(C)(C)C)CC3)ccc2[nH]1. The van der Waals surface area contributed by atoms with Crippen LogP contribution in [-0.2, 0) is 24.5 Å². The van der Waals surface area contributed by atoms with Gasteiger partial charge in [-0.2, -0.15) is 12.7 Å². The normalized spacial score (nSPS) is 21.7. The van der Waals surface area contributed by atoms with Crippen LogP contribution in [0.4, 0.5) is 14.9 Å². The van der Waals surface area contributed by atoms with Gasteiger partial charge in [-0.05, 0) is 88.6 Å². The number of halogens is 1. The smallest absolute Gasteiger partial charge is 0.407 e. The first-order valence-electron chi connectivity index (χ1n) is 17.2. The molecule has 276 valence electrons. The summed E-state index contributed by atoms with van der Waals surface area (Å²) in [6.45, 7) is 4.88. The second-order valence-corrected chi connectivity index (χ2v) is 16.4. The number of aromatic nitrogens is 1. The lowest BCUT2D eigenvalue weighted by Gasteiger charge is -2.36. The highest BCUT2D eigenvalue weighted by molar-refractivity contribution is 7.87. The van der Waals surface area contributed by atoms with Crippen molar-refractivity contribution in [2.45, 2.75) is 76.5 Å². The first-order chi connectivity index (χ1) is 24.1. The van der Waals surface area contributed by atoms with E-state index in [4.69, 9.17) is 4.74 Å². The highest BCUT2D eigenvalue weighted by Gasteiger charge is 2.45. The Morgan fingerprint density at radius 3 is 2.31 bits per heavy atom. The van der Waals surface area contributed by atoms with Gasteiger partial charge in [0.1, 0.15) is 24.0 Å². The second-order valence-electron chi connectivity index (χ2n) is 14.5. The molecule has 2 aliphatic rings. The number of nitrogens with one attached hydrogen (secondary N) is 4. The largest absolute Gasteiger partial charge is 0.444 e. The Morgan fingerprint density at radius 1 is 1.00 bits per heavy atom. The van der Waals surface area contributed by atoms with Crippen molar-refractivity contribution in [1.82, 2.24) is 24.2 Å². The summed E-state index contributed by atoms with van der Waals surface area (Å²) in [4.78, 5) is 57.7. The van der Waals surface area contributed by atoms with Gasteiger partial charge in [-0.3, -0.25) is 14.4 Å². The summed E-state index contributed by atoms with van der Waals surface area (Å²) < 4.78 is 46.5. The summed E-state index contributed by atoms with van der Waals surface area (Å²) >= 11 is 0. The first kappa shape index (κ1) is 37.7. The molecule has 2 heterocycles. The molecule has 2 aromatic carbocycles. The third-order valence-electron chi connectivity index (χ3n) is 9.57. The van der Waals surface area contributed by atoms with E-state index in [2.05, 4.69) is 15.6 Å². The zero-order valence-corrected chi connectivity index (χ0v) is 30.4. The number of alkyl halides is 1. The predicted octanol–water partition coefficient (Wildman–Crippen LogP) is 4.70. The van der Waals surface area contributed by atoms with E-state index in [0.29, 0.717) is 55.2 Å². The van der Waals surface area contributed by atoms with Crippen LogP contribution in [0.15, 0.2) is 54.6 Å². The van der Waals surface area contributed by atoms with Crippen LogP contribution < -0.4 is 15.4 Å². The molecule has 51 heavy (non-hydrogen) atoms. The fourth-order valence-corrected chi connectivity index (χ4v) is 7.50. The number of fused-ring (bicyclic) bond motifs is 1. The van der Waals surface area contributed by atoms with E-state index in [1.807, 2.05) is 35.1 Å². The number of benzene rings is 2. The molecule has 13 nitrogen and oxygen atoms in total. The number of hydrogen-bond donors (Lipinski definition) is 4. The molecule has 1 aromatic heterocycles. The third kappa shape index (κ3) is 9.06. The number of carbonyl (C=O) groups is 4. The van der Waals surface area contributed by atoms with Crippen molar-refractivity contribution in [3.63, 3.8) is 0 Å². The van der Waals surface area contributed by atoms with Crippen molar-refractivity contribution in [1.29, 1.82) is 0 Å². The maximum absolute atomic E-state index is 14.1. The van der Waals surface area contributed by atoms with E-state index in [1.54, 1.807) is 43.9 Å². The summed E-state index contributed by atoms with van der Waals surface area (Å²) in [5.74, 6) is -2.03. The van der Waals surface area contributed by atoms with Gasteiger partial charge in [0.2, 0.25) is 11.8 Å². The molecule has 3 aromatic rings. The molecule has 2 fully saturated rings. The Kier molecular flexibility index (Phi) is 11.4. The van der Waals surface area contributed by atoms with Crippen LogP contribution in [0, 0.1) is 11.8 Å². The minimum absolute atomic E-state index is 0.0313. The lowest BCUT2D eigenvalue weighted by molar-refractivity contribution is -0.141. The van der Waals surface area contributed by atoms with Gasteiger partial charge in [-0.15, -0.1) is 0 Å². The number of likely N-dealkylation sites (tertiary alicyclic amines) is 1. The van der Waals surface area contributed by atoms with Gasteiger partial charge in [-0.1, -0.05) is 30.3 Å². The summed E-state index contributed by atoms with van der Waals surface area (Å²) in [7, 11) is -1.38. The van der Waals surface area contributed by atoms with Crippen LogP contribution in [0.1, 0.15) is 74.8 Å². The summed E-state index contributed by atoms with van der Waals surface area (Å²) in [6.07, 6.45) is 2.03. The highest BCUT2D eigenvalue weighted by Crippen LogP contribution is 2.39. The van der Waals surface area contributed by atoms with Gasteiger partial charge >= 0.3 is 16.3 Å². The quantitative estimate of drug-likeness (QED) is 0.235. The van der Waals surface area contributed by atoms with Crippen LogP contribution in [0.3, 0.4) is 0 Å². The molecular weight excluding hydrogens is 679 g/mol. The Labute approximate surface area is 297 Å². The molecule has 4 N–H and O–H groups in total. The lowest BCUT2D eigenvalue weighted by Crippen LogP contribution is -2.49. The number of amides is 4. The second kappa shape index (κ2) is 15.4. The number of carbonyl (C=O) groups excluding carboxylic acids is 4. The Morgan fingerprint density at radius 2 is 1.69 bits per heavy atom. The van der Waals surface area contributed by atoms with E-state index in [1.165, 1.54) is 20.2 Å². The van der Waals surface area contributed by atoms with E-state index in [0.717, 1.165) is 9.87 Å². The summed E-state index contributed by atoms with van der Waals surface area (Å²) in [5.41, 5.74) is 1.28. The van der Waals surface area contributed by atoms with Gasteiger partial charge < -0.3 is 25.3 Å². The van der Waals surface area contributed by atoms with E-state index < -0.39 is 46.6 Å². The molecule has 0 spiro atoms. The molecule has 0 bridgehead atoms. The van der Waals surface area contributed by atoms with Crippen molar-refractivity contribution in [2.75, 3.05) is 32.6 Å². The predicted molar refractivity (Wildman–Crippen MR) is 191 cm³/mol.